The smallest absolute Gasteiger partial charge is 0.141 e. The number of ether oxygens (including phenoxy) is 1. The van der Waals surface area contributed by atoms with Gasteiger partial charge in [-0.15, -0.1) is 0 Å². The highest BCUT2D eigenvalue weighted by molar-refractivity contribution is 9.10. The van der Waals surface area contributed by atoms with Crippen molar-refractivity contribution in [3.63, 3.8) is 0 Å². The average molecular weight is 316 g/mol. The Balaban J connectivity index is 1.81. The van der Waals surface area contributed by atoms with Gasteiger partial charge >= 0.3 is 0 Å². The highest BCUT2D eigenvalue weighted by Gasteiger charge is 2.19. The van der Waals surface area contributed by atoms with E-state index in [1.165, 1.54) is 18.9 Å². The van der Waals surface area contributed by atoms with E-state index in [4.69, 9.17) is 4.74 Å². The van der Waals surface area contributed by atoms with Gasteiger partial charge in [-0.25, -0.2) is 4.39 Å². The summed E-state index contributed by atoms with van der Waals surface area (Å²) in [7, 11) is 1.58. The minimum Gasteiger partial charge on any atom is -0.496 e. The van der Waals surface area contributed by atoms with Gasteiger partial charge in [-0.05, 0) is 66.2 Å². The molecular weight excluding hydrogens is 297 g/mol. The molecule has 0 aliphatic heterocycles. The van der Waals surface area contributed by atoms with E-state index in [1.807, 2.05) is 6.07 Å². The Morgan fingerprint density at radius 1 is 1.39 bits per heavy atom. The number of hydrogen-bond donors (Lipinski definition) is 1. The van der Waals surface area contributed by atoms with Gasteiger partial charge in [0.05, 0.1) is 11.6 Å². The van der Waals surface area contributed by atoms with Crippen LogP contribution in [0.1, 0.15) is 31.2 Å². The van der Waals surface area contributed by atoms with Crippen molar-refractivity contribution in [1.82, 2.24) is 5.32 Å². The van der Waals surface area contributed by atoms with Gasteiger partial charge in [-0.2, -0.15) is 0 Å². The van der Waals surface area contributed by atoms with E-state index >= 15 is 0 Å². The molecule has 1 aromatic carbocycles. The standard InChI is InChI=1S/C14H19BrFNO/c1-18-14-9-13(16)12(15)8-10(14)4-2-3-7-17-11-5-6-11/h8-9,11,17H,2-7H2,1H3. The van der Waals surface area contributed by atoms with Crippen LogP contribution in [0.3, 0.4) is 0 Å². The second kappa shape index (κ2) is 6.53. The Bertz CT molecular complexity index is 407. The third-order valence-corrected chi connectivity index (χ3v) is 3.81. The molecule has 100 valence electrons. The second-order valence-corrected chi connectivity index (χ2v) is 5.62. The van der Waals surface area contributed by atoms with E-state index in [0.29, 0.717) is 10.2 Å². The summed E-state index contributed by atoms with van der Waals surface area (Å²) < 4.78 is 19.1. The quantitative estimate of drug-likeness (QED) is 0.775. The Morgan fingerprint density at radius 3 is 2.83 bits per heavy atom. The lowest BCUT2D eigenvalue weighted by atomic mass is 10.1. The predicted molar refractivity (Wildman–Crippen MR) is 74.6 cm³/mol. The first-order valence-electron chi connectivity index (χ1n) is 6.46. The minimum atomic E-state index is -0.272. The van der Waals surface area contributed by atoms with Gasteiger partial charge in [0.1, 0.15) is 11.6 Å². The van der Waals surface area contributed by atoms with Crippen LogP contribution in [0.2, 0.25) is 0 Å². The summed E-state index contributed by atoms with van der Waals surface area (Å²) in [6.07, 6.45) is 5.83. The zero-order chi connectivity index (χ0) is 13.0. The van der Waals surface area contributed by atoms with Crippen molar-refractivity contribution in [3.8, 4) is 5.75 Å². The van der Waals surface area contributed by atoms with Gasteiger partial charge in [-0.3, -0.25) is 0 Å². The fraction of sp³-hybridized carbons (Fsp3) is 0.571. The molecule has 1 aliphatic carbocycles. The number of unbranched alkanes of at least 4 members (excludes halogenated alkanes) is 1. The van der Waals surface area contributed by atoms with Gasteiger partial charge in [0.2, 0.25) is 0 Å². The van der Waals surface area contributed by atoms with Crippen LogP contribution in [0.25, 0.3) is 0 Å². The highest BCUT2D eigenvalue weighted by atomic mass is 79.9. The van der Waals surface area contributed by atoms with Gasteiger partial charge in [-0.1, -0.05) is 0 Å². The Morgan fingerprint density at radius 2 is 2.17 bits per heavy atom. The van der Waals surface area contributed by atoms with Crippen molar-refractivity contribution in [2.24, 2.45) is 0 Å². The molecule has 1 fully saturated rings. The zero-order valence-electron chi connectivity index (χ0n) is 10.6. The predicted octanol–water partition coefficient (Wildman–Crippen LogP) is 3.67. The molecule has 1 aliphatic rings. The molecule has 4 heteroatoms. The molecule has 1 saturated carbocycles. The molecule has 0 bridgehead atoms. The fourth-order valence-electron chi connectivity index (χ4n) is 1.99. The van der Waals surface area contributed by atoms with Gasteiger partial charge in [0, 0.05) is 12.1 Å². The lowest BCUT2D eigenvalue weighted by Gasteiger charge is -2.10. The Labute approximate surface area is 116 Å². The lowest BCUT2D eigenvalue weighted by Crippen LogP contribution is -2.17. The molecule has 2 rings (SSSR count). The Kier molecular flexibility index (Phi) is 5.01. The monoisotopic (exact) mass is 315 g/mol. The molecule has 0 spiro atoms. The van der Waals surface area contributed by atoms with E-state index in [0.717, 1.165) is 37.4 Å². The maximum atomic E-state index is 13.3. The maximum absolute atomic E-state index is 13.3. The van der Waals surface area contributed by atoms with Crippen LogP contribution >= 0.6 is 15.9 Å². The first kappa shape index (κ1) is 13.8. The van der Waals surface area contributed by atoms with Crippen molar-refractivity contribution in [3.05, 3.63) is 28.0 Å². The van der Waals surface area contributed by atoms with Crippen molar-refractivity contribution in [1.29, 1.82) is 0 Å². The third-order valence-electron chi connectivity index (χ3n) is 3.21. The van der Waals surface area contributed by atoms with Gasteiger partial charge in [0.15, 0.2) is 0 Å². The molecule has 0 unspecified atom stereocenters. The molecule has 1 aromatic rings. The molecule has 0 amide bonds. The highest BCUT2D eigenvalue weighted by Crippen LogP contribution is 2.27. The molecular formula is C14H19BrFNO. The van der Waals surface area contributed by atoms with E-state index in [2.05, 4.69) is 21.2 Å². The zero-order valence-corrected chi connectivity index (χ0v) is 12.2. The van der Waals surface area contributed by atoms with Crippen LogP contribution in [0.5, 0.6) is 5.75 Å². The molecule has 0 saturated heterocycles. The maximum Gasteiger partial charge on any atom is 0.141 e. The topological polar surface area (TPSA) is 21.3 Å². The summed E-state index contributed by atoms with van der Waals surface area (Å²) in [4.78, 5) is 0. The van der Waals surface area contributed by atoms with Crippen LogP contribution in [0, 0.1) is 5.82 Å². The lowest BCUT2D eigenvalue weighted by molar-refractivity contribution is 0.405. The van der Waals surface area contributed by atoms with Crippen molar-refractivity contribution >= 4 is 15.9 Å². The summed E-state index contributed by atoms with van der Waals surface area (Å²) >= 11 is 3.22. The van der Waals surface area contributed by atoms with Crippen molar-refractivity contribution < 1.29 is 9.13 Å². The number of halogens is 2. The third kappa shape index (κ3) is 3.95. The average Bonchev–Trinajstić information content (AvgIpc) is 3.16. The summed E-state index contributed by atoms with van der Waals surface area (Å²) in [5, 5.41) is 3.49. The Hall–Kier alpha value is -0.610. The number of methoxy groups -OCH3 is 1. The first-order chi connectivity index (χ1) is 8.70. The van der Waals surface area contributed by atoms with Gasteiger partial charge in [0.25, 0.3) is 0 Å². The second-order valence-electron chi connectivity index (χ2n) is 4.76. The van der Waals surface area contributed by atoms with Crippen molar-refractivity contribution in [2.45, 2.75) is 38.1 Å². The van der Waals surface area contributed by atoms with Crippen LogP contribution in [-0.2, 0) is 6.42 Å². The number of aryl methyl sites for hydroxylation is 1. The summed E-state index contributed by atoms with van der Waals surface area (Å²) in [5.74, 6) is 0.372. The SMILES string of the molecule is COc1cc(F)c(Br)cc1CCCCNC1CC1. The van der Waals surface area contributed by atoms with Crippen LogP contribution in [0.4, 0.5) is 4.39 Å². The number of nitrogens with one attached hydrogen (secondary N) is 1. The molecule has 0 heterocycles. The number of hydrogen-bond acceptors (Lipinski definition) is 2. The van der Waals surface area contributed by atoms with Crippen LogP contribution in [0.15, 0.2) is 16.6 Å². The largest absolute Gasteiger partial charge is 0.496 e. The minimum absolute atomic E-state index is 0.272. The van der Waals surface area contributed by atoms with Gasteiger partial charge < -0.3 is 10.1 Å². The number of benzene rings is 1. The first-order valence-corrected chi connectivity index (χ1v) is 7.25. The molecule has 2 nitrogen and oxygen atoms in total. The normalized spacial score (nSPS) is 14.8. The summed E-state index contributed by atoms with van der Waals surface area (Å²) in [6, 6.07) is 4.05. The van der Waals surface area contributed by atoms with E-state index < -0.39 is 0 Å². The molecule has 18 heavy (non-hydrogen) atoms. The molecule has 0 atom stereocenters. The van der Waals surface area contributed by atoms with Crippen LogP contribution in [-0.4, -0.2) is 19.7 Å². The van der Waals surface area contributed by atoms with E-state index in [1.54, 1.807) is 7.11 Å². The fourth-order valence-corrected chi connectivity index (χ4v) is 2.38. The van der Waals surface area contributed by atoms with E-state index in [-0.39, 0.29) is 5.82 Å². The summed E-state index contributed by atoms with van der Waals surface area (Å²) in [5.41, 5.74) is 1.07. The number of rotatable bonds is 7. The molecule has 1 N–H and O–H groups in total. The molecule has 0 aromatic heterocycles. The summed E-state index contributed by atoms with van der Waals surface area (Å²) in [6.45, 7) is 1.08. The molecule has 0 radical (unpaired) electrons. The van der Waals surface area contributed by atoms with Crippen LogP contribution < -0.4 is 10.1 Å². The van der Waals surface area contributed by atoms with E-state index in [9.17, 15) is 4.39 Å². The van der Waals surface area contributed by atoms with Crippen molar-refractivity contribution in [2.75, 3.05) is 13.7 Å².